The van der Waals surface area contributed by atoms with Crippen LogP contribution in [-0.4, -0.2) is 34.2 Å². The highest BCUT2D eigenvalue weighted by molar-refractivity contribution is 5.86. The molecule has 0 aliphatic carbocycles. The molecule has 0 saturated heterocycles. The number of nitrogens with one attached hydrogen (secondary N) is 2. The fraction of sp³-hybridized carbons (Fsp3) is 0.308. The molecule has 1 aromatic rings. The number of carbonyl (C=O) groups excluding carboxylic acids is 1. The third-order valence-corrected chi connectivity index (χ3v) is 2.70. The summed E-state index contributed by atoms with van der Waals surface area (Å²) >= 11 is 0. The van der Waals surface area contributed by atoms with Crippen LogP contribution in [0.2, 0.25) is 0 Å². The zero-order valence-electron chi connectivity index (χ0n) is 11.2. The van der Waals surface area contributed by atoms with Gasteiger partial charge in [-0.1, -0.05) is 12.1 Å². The Morgan fingerprint density at radius 3 is 2.19 bits per heavy atom. The van der Waals surface area contributed by atoms with Gasteiger partial charge in [-0.25, -0.2) is 14.0 Å². The van der Waals surface area contributed by atoms with Crippen LogP contribution < -0.4 is 10.6 Å². The third-order valence-electron chi connectivity index (χ3n) is 2.70. The van der Waals surface area contributed by atoms with Crippen LogP contribution in [0.25, 0.3) is 0 Å². The first-order valence-corrected chi connectivity index (χ1v) is 6.06. The molecule has 21 heavy (non-hydrogen) atoms. The van der Waals surface area contributed by atoms with Crippen molar-refractivity contribution in [2.45, 2.75) is 25.4 Å². The molecule has 2 atom stereocenters. The molecular weight excluding hydrogens is 283 g/mol. The Hall–Kier alpha value is -2.64. The minimum atomic E-state index is -1.53. The van der Waals surface area contributed by atoms with Crippen LogP contribution in [0, 0.1) is 5.82 Å². The molecule has 7 nitrogen and oxygen atoms in total. The predicted octanol–water partition coefficient (Wildman–Crippen LogP) is 1.11. The van der Waals surface area contributed by atoms with Gasteiger partial charge in [-0.05, 0) is 24.6 Å². The van der Waals surface area contributed by atoms with Gasteiger partial charge >= 0.3 is 18.0 Å². The van der Waals surface area contributed by atoms with Gasteiger partial charge < -0.3 is 20.8 Å². The van der Waals surface area contributed by atoms with E-state index >= 15 is 0 Å². The number of amides is 2. The number of carbonyl (C=O) groups is 3. The van der Waals surface area contributed by atoms with Gasteiger partial charge in [0.15, 0.2) is 0 Å². The lowest BCUT2D eigenvalue weighted by Crippen LogP contribution is -2.47. The van der Waals surface area contributed by atoms with Crippen molar-refractivity contribution in [2.24, 2.45) is 0 Å². The molecule has 0 heterocycles. The molecule has 0 bridgehead atoms. The minimum absolute atomic E-state index is 0.414. The molecule has 114 valence electrons. The molecule has 1 unspecified atom stereocenters. The highest BCUT2D eigenvalue weighted by atomic mass is 19.1. The van der Waals surface area contributed by atoms with Gasteiger partial charge in [-0.3, -0.25) is 4.79 Å². The van der Waals surface area contributed by atoms with E-state index in [4.69, 9.17) is 10.2 Å². The second kappa shape index (κ2) is 7.22. The summed E-state index contributed by atoms with van der Waals surface area (Å²) in [6, 6.07) is 2.58. The molecule has 8 heteroatoms. The topological polar surface area (TPSA) is 116 Å². The second-order valence-corrected chi connectivity index (χ2v) is 4.38. The lowest BCUT2D eigenvalue weighted by Gasteiger charge is -2.17. The van der Waals surface area contributed by atoms with Gasteiger partial charge in [-0.15, -0.1) is 0 Å². The maximum absolute atomic E-state index is 12.8. The smallest absolute Gasteiger partial charge is 0.326 e. The molecule has 2 amide bonds. The summed E-state index contributed by atoms with van der Waals surface area (Å²) in [5, 5.41) is 21.9. The maximum atomic E-state index is 12.8. The molecule has 0 aromatic heterocycles. The van der Waals surface area contributed by atoms with E-state index in [1.54, 1.807) is 6.92 Å². The maximum Gasteiger partial charge on any atom is 0.326 e. The number of carboxylic acid groups (broad SMARTS) is 2. The molecule has 0 aliphatic heterocycles. The lowest BCUT2D eigenvalue weighted by molar-refractivity contribution is -0.145. The second-order valence-electron chi connectivity index (χ2n) is 4.38. The average molecular weight is 298 g/mol. The van der Waals surface area contributed by atoms with Crippen LogP contribution in [0.4, 0.5) is 9.18 Å². The summed E-state index contributed by atoms with van der Waals surface area (Å²) in [6.45, 7) is 1.62. The van der Waals surface area contributed by atoms with Crippen molar-refractivity contribution in [3.8, 4) is 0 Å². The van der Waals surface area contributed by atoms with Crippen LogP contribution in [0.15, 0.2) is 24.3 Å². The number of benzene rings is 1. The summed E-state index contributed by atoms with van der Waals surface area (Å²) < 4.78 is 12.8. The molecular formula is C13H15FN2O5. The number of hydrogen-bond donors (Lipinski definition) is 4. The van der Waals surface area contributed by atoms with E-state index in [0.717, 1.165) is 0 Å². The van der Waals surface area contributed by atoms with Gasteiger partial charge in [-0.2, -0.15) is 0 Å². The van der Waals surface area contributed by atoms with Crippen molar-refractivity contribution in [1.29, 1.82) is 0 Å². The van der Waals surface area contributed by atoms with Crippen molar-refractivity contribution in [3.63, 3.8) is 0 Å². The van der Waals surface area contributed by atoms with E-state index in [0.29, 0.717) is 5.56 Å². The van der Waals surface area contributed by atoms with Crippen molar-refractivity contribution in [3.05, 3.63) is 35.6 Å². The molecule has 0 saturated carbocycles. The summed E-state index contributed by atoms with van der Waals surface area (Å²) in [7, 11) is 0. The Kier molecular flexibility index (Phi) is 5.65. The minimum Gasteiger partial charge on any atom is -0.481 e. The van der Waals surface area contributed by atoms with Crippen LogP contribution in [0.5, 0.6) is 0 Å². The molecule has 1 rings (SSSR count). The quantitative estimate of drug-likeness (QED) is 0.628. The number of aliphatic carboxylic acids is 2. The van der Waals surface area contributed by atoms with E-state index in [1.165, 1.54) is 24.3 Å². The Bertz CT molecular complexity index is 532. The molecule has 0 fully saturated rings. The fourth-order valence-electron chi connectivity index (χ4n) is 1.61. The first-order valence-electron chi connectivity index (χ1n) is 6.06. The summed E-state index contributed by atoms with van der Waals surface area (Å²) in [6.07, 6.45) is -0.728. The SMILES string of the molecule is CC(NC(=O)N[C@@H](CC(=O)O)C(=O)O)c1ccc(F)cc1. The molecule has 1 aromatic carbocycles. The Balaban J connectivity index is 2.61. The largest absolute Gasteiger partial charge is 0.481 e. The monoisotopic (exact) mass is 298 g/mol. The number of rotatable bonds is 6. The highest BCUT2D eigenvalue weighted by Crippen LogP contribution is 2.12. The standard InChI is InChI=1S/C13H15FN2O5/c1-7(8-2-4-9(14)5-3-8)15-13(21)16-10(12(19)20)6-11(17)18/h2-5,7,10H,6H2,1H3,(H,17,18)(H,19,20)(H2,15,16,21)/t7?,10-/m0/s1. The number of urea groups is 1. The molecule has 0 spiro atoms. The molecule has 0 radical (unpaired) electrons. The number of hydrogen-bond acceptors (Lipinski definition) is 3. The summed E-state index contributed by atoms with van der Waals surface area (Å²) in [5.41, 5.74) is 0.622. The third kappa shape index (κ3) is 5.47. The van der Waals surface area contributed by atoms with Crippen LogP contribution in [-0.2, 0) is 9.59 Å². The zero-order chi connectivity index (χ0) is 16.0. The van der Waals surface area contributed by atoms with Crippen LogP contribution in [0.1, 0.15) is 24.9 Å². The van der Waals surface area contributed by atoms with Gasteiger partial charge in [0.1, 0.15) is 11.9 Å². The molecule has 0 aliphatic rings. The van der Waals surface area contributed by atoms with Gasteiger partial charge in [0.2, 0.25) is 0 Å². The Morgan fingerprint density at radius 2 is 1.71 bits per heavy atom. The normalized spacial score (nSPS) is 13.0. The van der Waals surface area contributed by atoms with E-state index in [1.807, 2.05) is 0 Å². The number of carboxylic acids is 2. The lowest BCUT2D eigenvalue weighted by atomic mass is 10.1. The van der Waals surface area contributed by atoms with Crippen molar-refractivity contribution < 1.29 is 29.0 Å². The first kappa shape index (κ1) is 16.4. The first-order chi connectivity index (χ1) is 9.79. The van der Waals surface area contributed by atoms with Gasteiger partial charge in [0.25, 0.3) is 0 Å². The van der Waals surface area contributed by atoms with Crippen LogP contribution in [0.3, 0.4) is 0 Å². The van der Waals surface area contributed by atoms with E-state index in [-0.39, 0.29) is 0 Å². The molecule has 4 N–H and O–H groups in total. The van der Waals surface area contributed by atoms with E-state index in [2.05, 4.69) is 10.6 Å². The highest BCUT2D eigenvalue weighted by Gasteiger charge is 2.23. The zero-order valence-corrected chi connectivity index (χ0v) is 11.2. The predicted molar refractivity (Wildman–Crippen MR) is 70.2 cm³/mol. The number of halogens is 1. The van der Waals surface area contributed by atoms with Crippen molar-refractivity contribution in [2.75, 3.05) is 0 Å². The summed E-state index contributed by atoms with van der Waals surface area (Å²) in [4.78, 5) is 33.0. The average Bonchev–Trinajstić information content (AvgIpc) is 2.37. The summed E-state index contributed by atoms with van der Waals surface area (Å²) in [5.74, 6) is -3.20. The Labute approximate surface area is 119 Å². The van der Waals surface area contributed by atoms with E-state index < -0.39 is 42.3 Å². The van der Waals surface area contributed by atoms with Crippen LogP contribution >= 0.6 is 0 Å². The van der Waals surface area contributed by atoms with Gasteiger partial charge in [0.05, 0.1) is 12.5 Å². The van der Waals surface area contributed by atoms with E-state index in [9.17, 15) is 18.8 Å². The van der Waals surface area contributed by atoms with Crippen molar-refractivity contribution in [1.82, 2.24) is 10.6 Å². The Morgan fingerprint density at radius 1 is 1.14 bits per heavy atom. The van der Waals surface area contributed by atoms with Crippen molar-refractivity contribution >= 4 is 18.0 Å². The fourth-order valence-corrected chi connectivity index (χ4v) is 1.61. The van der Waals surface area contributed by atoms with Gasteiger partial charge in [0, 0.05) is 0 Å².